The molecular formula is C14H18N2O2. The molecule has 0 aliphatic rings. The van der Waals surface area contributed by atoms with Crippen molar-refractivity contribution in [3.8, 4) is 0 Å². The third-order valence-electron chi connectivity index (χ3n) is 3.37. The van der Waals surface area contributed by atoms with Crippen LogP contribution in [0.25, 0.3) is 11.0 Å². The van der Waals surface area contributed by atoms with Crippen LogP contribution in [0, 0.1) is 5.92 Å². The minimum absolute atomic E-state index is 0.308. The largest absolute Gasteiger partial charge is 0.478 e. The quantitative estimate of drug-likeness (QED) is 0.900. The van der Waals surface area contributed by atoms with Crippen molar-refractivity contribution in [2.24, 2.45) is 5.92 Å². The average molecular weight is 246 g/mol. The van der Waals surface area contributed by atoms with Gasteiger partial charge >= 0.3 is 5.97 Å². The predicted molar refractivity (Wildman–Crippen MR) is 70.9 cm³/mol. The van der Waals surface area contributed by atoms with E-state index in [2.05, 4.69) is 30.3 Å². The smallest absolute Gasteiger partial charge is 0.335 e. The number of nitrogens with zero attached hydrogens (tertiary/aromatic N) is 2. The first-order valence-corrected chi connectivity index (χ1v) is 6.24. The van der Waals surface area contributed by atoms with Gasteiger partial charge in [0.2, 0.25) is 0 Å². The topological polar surface area (TPSA) is 55.1 Å². The zero-order valence-corrected chi connectivity index (χ0v) is 10.9. The molecule has 0 bridgehead atoms. The summed E-state index contributed by atoms with van der Waals surface area (Å²) in [6.45, 7) is 6.47. The Morgan fingerprint density at radius 2 is 2.17 bits per heavy atom. The van der Waals surface area contributed by atoms with Crippen molar-refractivity contribution in [1.29, 1.82) is 0 Å². The van der Waals surface area contributed by atoms with E-state index in [1.54, 1.807) is 18.2 Å². The third kappa shape index (κ3) is 2.10. The molecule has 96 valence electrons. The number of carbonyl (C=O) groups is 1. The highest BCUT2D eigenvalue weighted by Gasteiger charge is 2.16. The maximum Gasteiger partial charge on any atom is 0.335 e. The number of hydrogen-bond donors (Lipinski definition) is 1. The lowest BCUT2D eigenvalue weighted by molar-refractivity contribution is 0.0697. The molecule has 2 aromatic rings. The number of benzene rings is 1. The van der Waals surface area contributed by atoms with E-state index in [0.717, 1.165) is 17.5 Å². The Kier molecular flexibility index (Phi) is 3.36. The summed E-state index contributed by atoms with van der Waals surface area (Å²) >= 11 is 0. The molecule has 0 saturated carbocycles. The van der Waals surface area contributed by atoms with E-state index in [-0.39, 0.29) is 0 Å². The second-order valence-corrected chi connectivity index (χ2v) is 4.88. The Morgan fingerprint density at radius 3 is 2.72 bits per heavy atom. The minimum atomic E-state index is -0.901. The van der Waals surface area contributed by atoms with Gasteiger partial charge in [0, 0.05) is 6.04 Å². The monoisotopic (exact) mass is 246 g/mol. The number of carboxylic acids is 1. The van der Waals surface area contributed by atoms with Gasteiger partial charge in [-0.2, -0.15) is 0 Å². The molecule has 2 rings (SSSR count). The number of hydrogen-bond acceptors (Lipinski definition) is 2. The molecule has 1 atom stereocenters. The lowest BCUT2D eigenvalue weighted by Crippen LogP contribution is -2.13. The van der Waals surface area contributed by atoms with Crippen LogP contribution in [0.1, 0.15) is 43.6 Å². The minimum Gasteiger partial charge on any atom is -0.478 e. The summed E-state index contributed by atoms with van der Waals surface area (Å²) in [4.78, 5) is 15.4. The van der Waals surface area contributed by atoms with Crippen LogP contribution in [0.2, 0.25) is 0 Å². The van der Waals surface area contributed by atoms with Crippen LogP contribution in [0.3, 0.4) is 0 Å². The normalized spacial score (nSPS) is 13.1. The molecule has 0 amide bonds. The highest BCUT2D eigenvalue weighted by Crippen LogP contribution is 2.26. The molecule has 1 heterocycles. The summed E-state index contributed by atoms with van der Waals surface area (Å²) in [6, 6.07) is 5.41. The van der Waals surface area contributed by atoms with Gasteiger partial charge in [0.05, 0.1) is 22.9 Å². The summed E-state index contributed by atoms with van der Waals surface area (Å²) in [5, 5.41) is 9.05. The van der Waals surface area contributed by atoms with E-state index in [0.29, 0.717) is 17.5 Å². The van der Waals surface area contributed by atoms with Crippen LogP contribution in [0.15, 0.2) is 24.5 Å². The van der Waals surface area contributed by atoms with Gasteiger partial charge in [0.15, 0.2) is 0 Å². The van der Waals surface area contributed by atoms with Gasteiger partial charge in [0.25, 0.3) is 0 Å². The Balaban J connectivity index is 2.57. The van der Waals surface area contributed by atoms with Crippen LogP contribution in [-0.4, -0.2) is 20.6 Å². The first kappa shape index (κ1) is 12.6. The number of carboxylic acid groups (broad SMARTS) is 1. The lowest BCUT2D eigenvalue weighted by atomic mass is 10.0. The Bertz CT molecular complexity index is 572. The van der Waals surface area contributed by atoms with Gasteiger partial charge in [0.1, 0.15) is 0 Å². The zero-order valence-electron chi connectivity index (χ0n) is 10.9. The summed E-state index contributed by atoms with van der Waals surface area (Å²) in [7, 11) is 0. The maximum absolute atomic E-state index is 11.0. The molecule has 0 aliphatic carbocycles. The van der Waals surface area contributed by atoms with Gasteiger partial charge in [-0.15, -0.1) is 0 Å². The van der Waals surface area contributed by atoms with Gasteiger partial charge in [-0.25, -0.2) is 9.78 Å². The van der Waals surface area contributed by atoms with Crippen LogP contribution in [-0.2, 0) is 0 Å². The Morgan fingerprint density at radius 1 is 1.44 bits per heavy atom. The second kappa shape index (κ2) is 4.80. The molecule has 1 aromatic heterocycles. The fourth-order valence-electron chi connectivity index (χ4n) is 2.41. The fraction of sp³-hybridized carbons (Fsp3) is 0.429. The predicted octanol–water partition coefficient (Wildman–Crippen LogP) is 3.34. The molecule has 4 nitrogen and oxygen atoms in total. The van der Waals surface area contributed by atoms with Crippen LogP contribution in [0.4, 0.5) is 0 Å². The molecule has 18 heavy (non-hydrogen) atoms. The summed E-state index contributed by atoms with van der Waals surface area (Å²) < 4.78 is 2.09. The van der Waals surface area contributed by atoms with E-state index in [1.807, 2.05) is 6.33 Å². The average Bonchev–Trinajstić information content (AvgIpc) is 2.73. The highest BCUT2D eigenvalue weighted by atomic mass is 16.4. The van der Waals surface area contributed by atoms with Crippen LogP contribution >= 0.6 is 0 Å². The summed E-state index contributed by atoms with van der Waals surface area (Å²) in [5.41, 5.74) is 2.05. The van der Waals surface area contributed by atoms with Crippen molar-refractivity contribution in [3.05, 3.63) is 30.1 Å². The number of imidazole rings is 1. The standard InChI is InChI=1S/C14H18N2O2/c1-4-12(9(2)3)16-8-15-11-6-5-10(14(17)18)7-13(11)16/h5-9,12H,4H2,1-3H3,(H,17,18). The van der Waals surface area contributed by atoms with E-state index >= 15 is 0 Å². The van der Waals surface area contributed by atoms with Crippen molar-refractivity contribution in [1.82, 2.24) is 9.55 Å². The summed E-state index contributed by atoms with van der Waals surface area (Å²) in [6.07, 6.45) is 2.81. The van der Waals surface area contributed by atoms with Gasteiger partial charge in [-0.1, -0.05) is 20.8 Å². The second-order valence-electron chi connectivity index (χ2n) is 4.88. The fourth-order valence-corrected chi connectivity index (χ4v) is 2.41. The molecular weight excluding hydrogens is 228 g/mol. The Hall–Kier alpha value is -1.84. The van der Waals surface area contributed by atoms with Crippen LogP contribution < -0.4 is 0 Å². The molecule has 0 aliphatic heterocycles. The van der Waals surface area contributed by atoms with E-state index in [1.165, 1.54) is 0 Å². The maximum atomic E-state index is 11.0. The lowest BCUT2D eigenvalue weighted by Gasteiger charge is -2.21. The molecule has 0 saturated heterocycles. The van der Waals surface area contributed by atoms with Crippen molar-refractivity contribution in [2.75, 3.05) is 0 Å². The van der Waals surface area contributed by atoms with E-state index in [9.17, 15) is 4.79 Å². The number of aromatic carboxylic acids is 1. The molecule has 1 N–H and O–H groups in total. The molecule has 0 spiro atoms. The first-order valence-electron chi connectivity index (χ1n) is 6.24. The van der Waals surface area contributed by atoms with Gasteiger partial charge in [-0.05, 0) is 30.5 Å². The van der Waals surface area contributed by atoms with E-state index < -0.39 is 5.97 Å². The molecule has 0 fully saturated rings. The van der Waals surface area contributed by atoms with Crippen molar-refractivity contribution in [2.45, 2.75) is 33.2 Å². The highest BCUT2D eigenvalue weighted by molar-refractivity contribution is 5.92. The molecule has 1 unspecified atom stereocenters. The van der Waals surface area contributed by atoms with E-state index in [4.69, 9.17) is 5.11 Å². The number of rotatable bonds is 4. The number of fused-ring (bicyclic) bond motifs is 1. The van der Waals surface area contributed by atoms with Crippen molar-refractivity contribution >= 4 is 17.0 Å². The van der Waals surface area contributed by atoms with Crippen LogP contribution in [0.5, 0.6) is 0 Å². The van der Waals surface area contributed by atoms with Gasteiger partial charge in [-0.3, -0.25) is 0 Å². The molecule has 4 heteroatoms. The summed E-state index contributed by atoms with van der Waals surface area (Å²) in [5.74, 6) is -0.414. The number of aromatic nitrogens is 2. The molecule has 0 radical (unpaired) electrons. The SMILES string of the molecule is CCC(C(C)C)n1cnc2ccc(C(=O)O)cc21. The zero-order chi connectivity index (χ0) is 13.3. The third-order valence-corrected chi connectivity index (χ3v) is 3.37. The first-order chi connectivity index (χ1) is 8.54. The van der Waals surface area contributed by atoms with Gasteiger partial charge < -0.3 is 9.67 Å². The van der Waals surface area contributed by atoms with Crippen molar-refractivity contribution < 1.29 is 9.90 Å². The van der Waals surface area contributed by atoms with Crippen molar-refractivity contribution in [3.63, 3.8) is 0 Å². The molecule has 1 aromatic carbocycles. The Labute approximate surface area is 106 Å².